The molecule has 1 aromatic heterocycles. The Labute approximate surface area is 142 Å². The molecule has 2 rings (SSSR count). The van der Waals surface area contributed by atoms with Gasteiger partial charge in [-0.1, -0.05) is 29.8 Å². The number of nitrogens with one attached hydrogen (secondary N) is 1. The predicted octanol–water partition coefficient (Wildman–Crippen LogP) is 0.480. The van der Waals surface area contributed by atoms with Gasteiger partial charge in [-0.25, -0.2) is 0 Å². The number of benzene rings is 1. The summed E-state index contributed by atoms with van der Waals surface area (Å²) in [5.41, 5.74) is 5.10. The molecule has 2 amide bonds. The first-order valence-corrected chi connectivity index (χ1v) is 7.29. The van der Waals surface area contributed by atoms with E-state index in [1.54, 1.807) is 0 Å². The van der Waals surface area contributed by atoms with Crippen LogP contribution >= 0.6 is 0 Å². The van der Waals surface area contributed by atoms with Gasteiger partial charge in [0, 0.05) is 12.6 Å². The summed E-state index contributed by atoms with van der Waals surface area (Å²) in [4.78, 5) is 45.5. The van der Waals surface area contributed by atoms with Gasteiger partial charge in [0.05, 0.1) is 11.1 Å². The molecule has 0 aliphatic heterocycles. The molecule has 9 heteroatoms. The van der Waals surface area contributed by atoms with E-state index in [1.807, 2.05) is 31.2 Å². The fourth-order valence-electron chi connectivity index (χ4n) is 2.13. The topological polar surface area (TPSA) is 137 Å². The number of carbonyl (C=O) groups is 2. The van der Waals surface area contributed by atoms with Crippen molar-refractivity contribution >= 4 is 17.5 Å². The SMILES string of the molecule is Cc1ccc(CNC(=O)Cn2cc([N+](=O)[O-])cc(C(N)=O)c2=O)cc1. The molecule has 0 bridgehead atoms. The third-order valence-electron chi connectivity index (χ3n) is 3.47. The molecule has 0 fully saturated rings. The lowest BCUT2D eigenvalue weighted by atomic mass is 10.1. The van der Waals surface area contributed by atoms with Gasteiger partial charge >= 0.3 is 0 Å². The fourth-order valence-corrected chi connectivity index (χ4v) is 2.13. The van der Waals surface area contributed by atoms with Gasteiger partial charge in [0.2, 0.25) is 5.91 Å². The lowest BCUT2D eigenvalue weighted by Crippen LogP contribution is -2.35. The number of carbonyl (C=O) groups excluding carboxylic acids is 2. The second kappa shape index (κ2) is 7.39. The third kappa shape index (κ3) is 4.50. The minimum Gasteiger partial charge on any atom is -0.365 e. The van der Waals surface area contributed by atoms with Crippen LogP contribution in [0.5, 0.6) is 0 Å². The quantitative estimate of drug-likeness (QED) is 0.580. The summed E-state index contributed by atoms with van der Waals surface area (Å²) in [6, 6.07) is 8.28. The number of hydrogen-bond donors (Lipinski definition) is 2. The molecule has 130 valence electrons. The maximum Gasteiger partial charge on any atom is 0.286 e. The van der Waals surface area contributed by atoms with Crippen molar-refractivity contribution in [2.75, 3.05) is 0 Å². The zero-order valence-corrected chi connectivity index (χ0v) is 13.4. The van der Waals surface area contributed by atoms with Gasteiger partial charge < -0.3 is 11.1 Å². The minimum absolute atomic E-state index is 0.242. The molecule has 0 spiro atoms. The summed E-state index contributed by atoms with van der Waals surface area (Å²) in [6.07, 6.45) is 0.903. The standard InChI is InChI=1S/C16H16N4O5/c1-10-2-4-11(5-3-10)7-18-14(21)9-19-8-12(20(24)25)6-13(15(17)22)16(19)23/h2-6,8H,7,9H2,1H3,(H2,17,22)(H,18,21). The van der Waals surface area contributed by atoms with Crippen LogP contribution in [-0.4, -0.2) is 21.3 Å². The van der Waals surface area contributed by atoms with Gasteiger partial charge in [0.15, 0.2) is 0 Å². The molecular weight excluding hydrogens is 328 g/mol. The summed E-state index contributed by atoms with van der Waals surface area (Å²) in [6.45, 7) is 1.71. The third-order valence-corrected chi connectivity index (χ3v) is 3.47. The number of nitrogens with two attached hydrogens (primary N) is 1. The monoisotopic (exact) mass is 344 g/mol. The molecule has 0 saturated heterocycles. The van der Waals surface area contributed by atoms with Crippen molar-refractivity contribution in [1.82, 2.24) is 9.88 Å². The van der Waals surface area contributed by atoms with Crippen LogP contribution in [0.3, 0.4) is 0 Å². The van der Waals surface area contributed by atoms with Crippen molar-refractivity contribution in [3.63, 3.8) is 0 Å². The summed E-state index contributed by atoms with van der Waals surface area (Å²) in [5.74, 6) is -1.62. The molecule has 2 aromatic rings. The maximum absolute atomic E-state index is 12.1. The highest BCUT2D eigenvalue weighted by Crippen LogP contribution is 2.10. The summed E-state index contributed by atoms with van der Waals surface area (Å²) in [7, 11) is 0. The number of amides is 2. The van der Waals surface area contributed by atoms with Crippen LogP contribution in [0.2, 0.25) is 0 Å². The van der Waals surface area contributed by atoms with E-state index in [1.165, 1.54) is 0 Å². The van der Waals surface area contributed by atoms with E-state index in [4.69, 9.17) is 5.73 Å². The zero-order chi connectivity index (χ0) is 18.6. The van der Waals surface area contributed by atoms with Crippen LogP contribution in [0.4, 0.5) is 5.69 Å². The van der Waals surface area contributed by atoms with Crippen molar-refractivity contribution in [2.24, 2.45) is 5.73 Å². The highest BCUT2D eigenvalue weighted by molar-refractivity contribution is 5.93. The average molecular weight is 344 g/mol. The van der Waals surface area contributed by atoms with E-state index in [0.717, 1.165) is 28.0 Å². The lowest BCUT2D eigenvalue weighted by Gasteiger charge is -2.09. The average Bonchev–Trinajstić information content (AvgIpc) is 2.55. The highest BCUT2D eigenvalue weighted by atomic mass is 16.6. The number of nitro groups is 1. The summed E-state index contributed by atoms with van der Waals surface area (Å²) in [5, 5.41) is 13.5. The van der Waals surface area contributed by atoms with Crippen molar-refractivity contribution in [1.29, 1.82) is 0 Å². The van der Waals surface area contributed by atoms with Crippen LogP contribution in [-0.2, 0) is 17.9 Å². The molecule has 1 aromatic carbocycles. The molecule has 0 saturated carbocycles. The maximum atomic E-state index is 12.1. The molecular formula is C16H16N4O5. The second-order valence-electron chi connectivity index (χ2n) is 5.43. The number of aromatic nitrogens is 1. The van der Waals surface area contributed by atoms with Gasteiger partial charge in [0.25, 0.3) is 17.2 Å². The Morgan fingerprint density at radius 2 is 1.92 bits per heavy atom. The molecule has 0 aliphatic carbocycles. The van der Waals surface area contributed by atoms with Crippen molar-refractivity contribution in [2.45, 2.75) is 20.0 Å². The summed E-state index contributed by atoms with van der Waals surface area (Å²) >= 11 is 0. The molecule has 0 aliphatic rings. The van der Waals surface area contributed by atoms with Gasteiger partial charge in [-0.05, 0) is 12.5 Å². The van der Waals surface area contributed by atoms with E-state index < -0.39 is 40.1 Å². The Hall–Kier alpha value is -3.49. The van der Waals surface area contributed by atoms with E-state index >= 15 is 0 Å². The number of hydrogen-bond acceptors (Lipinski definition) is 5. The molecule has 3 N–H and O–H groups in total. The van der Waals surface area contributed by atoms with Crippen LogP contribution in [0, 0.1) is 17.0 Å². The van der Waals surface area contributed by atoms with E-state index in [0.29, 0.717) is 0 Å². The van der Waals surface area contributed by atoms with Crippen LogP contribution in [0.1, 0.15) is 21.5 Å². The first-order valence-electron chi connectivity index (χ1n) is 7.29. The highest BCUT2D eigenvalue weighted by Gasteiger charge is 2.18. The first kappa shape index (κ1) is 17.9. The molecule has 0 unspecified atom stereocenters. The first-order chi connectivity index (χ1) is 11.8. The van der Waals surface area contributed by atoms with Crippen molar-refractivity contribution < 1.29 is 14.5 Å². The molecule has 25 heavy (non-hydrogen) atoms. The van der Waals surface area contributed by atoms with Crippen molar-refractivity contribution in [3.05, 3.63) is 73.7 Å². The van der Waals surface area contributed by atoms with E-state index in [9.17, 15) is 24.5 Å². The Morgan fingerprint density at radius 1 is 1.28 bits per heavy atom. The number of primary amides is 1. The smallest absolute Gasteiger partial charge is 0.286 e. The lowest BCUT2D eigenvalue weighted by molar-refractivity contribution is -0.385. The van der Waals surface area contributed by atoms with Gasteiger partial charge in [-0.2, -0.15) is 0 Å². The Balaban J connectivity index is 2.16. The molecule has 0 atom stereocenters. The number of aryl methyl sites for hydroxylation is 1. The van der Waals surface area contributed by atoms with Crippen molar-refractivity contribution in [3.8, 4) is 0 Å². The van der Waals surface area contributed by atoms with Gasteiger partial charge in [0.1, 0.15) is 12.1 Å². The Kier molecular flexibility index (Phi) is 5.28. The number of rotatable bonds is 6. The van der Waals surface area contributed by atoms with E-state index in [2.05, 4.69) is 5.32 Å². The zero-order valence-electron chi connectivity index (χ0n) is 13.4. The van der Waals surface area contributed by atoms with Crippen LogP contribution < -0.4 is 16.6 Å². The van der Waals surface area contributed by atoms with E-state index in [-0.39, 0.29) is 6.54 Å². The minimum atomic E-state index is -1.09. The number of nitrogens with zero attached hydrogens (tertiary/aromatic N) is 2. The fraction of sp³-hybridized carbons (Fsp3) is 0.188. The van der Waals surface area contributed by atoms with Gasteiger partial charge in [-0.15, -0.1) is 0 Å². The second-order valence-corrected chi connectivity index (χ2v) is 5.43. The molecule has 9 nitrogen and oxygen atoms in total. The van der Waals surface area contributed by atoms with Crippen LogP contribution in [0.15, 0.2) is 41.3 Å². The number of pyridine rings is 1. The van der Waals surface area contributed by atoms with Crippen LogP contribution in [0.25, 0.3) is 0 Å². The molecule has 0 radical (unpaired) electrons. The largest absolute Gasteiger partial charge is 0.365 e. The summed E-state index contributed by atoms with van der Waals surface area (Å²) < 4.78 is 0.794. The predicted molar refractivity (Wildman–Crippen MR) is 88.9 cm³/mol. The Bertz CT molecular complexity index is 886. The Morgan fingerprint density at radius 3 is 2.48 bits per heavy atom. The van der Waals surface area contributed by atoms with Gasteiger partial charge in [-0.3, -0.25) is 29.1 Å². The molecule has 1 heterocycles. The normalized spacial score (nSPS) is 10.3.